The summed E-state index contributed by atoms with van der Waals surface area (Å²) in [5.74, 6) is 0.0589. The number of benzene rings is 1. The van der Waals surface area contributed by atoms with Crippen LogP contribution in [0.15, 0.2) is 42.9 Å². The Morgan fingerprint density at radius 3 is 2.76 bits per heavy atom. The molecule has 0 unspecified atom stereocenters. The molecule has 0 saturated heterocycles. The lowest BCUT2D eigenvalue weighted by Crippen LogP contribution is -2.31. The summed E-state index contributed by atoms with van der Waals surface area (Å²) in [6.45, 7) is 2.93. The molecule has 0 aliphatic carbocycles. The summed E-state index contributed by atoms with van der Waals surface area (Å²) in [5, 5.41) is 0. The van der Waals surface area contributed by atoms with Crippen molar-refractivity contribution in [1.82, 2.24) is 14.5 Å². The van der Waals surface area contributed by atoms with Gasteiger partial charge >= 0.3 is 0 Å². The first kappa shape index (κ1) is 15.3. The summed E-state index contributed by atoms with van der Waals surface area (Å²) in [4.78, 5) is 17.8. The van der Waals surface area contributed by atoms with Crippen LogP contribution >= 0.6 is 0 Å². The van der Waals surface area contributed by atoms with Crippen molar-refractivity contribution in [2.24, 2.45) is 5.73 Å². The smallest absolute Gasteiger partial charge is 0.242 e. The number of nitrogens with zero attached hydrogens (tertiary/aromatic N) is 3. The average Bonchev–Trinajstić information content (AvgIpc) is 2.95. The highest BCUT2D eigenvalue weighted by Crippen LogP contribution is 2.16. The number of carbonyl (C=O) groups excluding carboxylic acids is 1. The zero-order chi connectivity index (χ0) is 15.2. The number of nitrogens with two attached hydrogens (primary N) is 1. The Hall–Kier alpha value is -2.14. The van der Waals surface area contributed by atoms with Crippen LogP contribution in [0.25, 0.3) is 0 Å². The monoisotopic (exact) mass is 286 g/mol. The Kier molecular flexibility index (Phi) is 5.11. The molecule has 5 heteroatoms. The molecule has 1 aromatic heterocycles. The first-order chi connectivity index (χ1) is 10.1. The van der Waals surface area contributed by atoms with Crippen molar-refractivity contribution < 1.29 is 4.79 Å². The number of hydrogen-bond donors (Lipinski definition) is 1. The van der Waals surface area contributed by atoms with Gasteiger partial charge in [0.05, 0.1) is 18.1 Å². The molecule has 0 radical (unpaired) electrons. The van der Waals surface area contributed by atoms with Crippen LogP contribution in [0.4, 0.5) is 0 Å². The van der Waals surface area contributed by atoms with E-state index in [1.807, 2.05) is 29.7 Å². The largest absolute Gasteiger partial charge is 0.344 e. The summed E-state index contributed by atoms with van der Waals surface area (Å²) < 4.78 is 1.84. The molecule has 0 aliphatic heterocycles. The second-order valence-corrected chi connectivity index (χ2v) is 5.15. The second-order valence-electron chi connectivity index (χ2n) is 5.15. The maximum Gasteiger partial charge on any atom is 0.242 e. The lowest BCUT2D eigenvalue weighted by molar-refractivity contribution is -0.130. The highest BCUT2D eigenvalue weighted by molar-refractivity contribution is 5.75. The van der Waals surface area contributed by atoms with E-state index in [2.05, 4.69) is 17.1 Å². The van der Waals surface area contributed by atoms with Gasteiger partial charge in [-0.1, -0.05) is 30.3 Å². The number of hydrogen-bond acceptors (Lipinski definition) is 3. The highest BCUT2D eigenvalue weighted by Gasteiger charge is 2.15. The van der Waals surface area contributed by atoms with Crippen molar-refractivity contribution in [2.75, 3.05) is 13.6 Å². The fourth-order valence-corrected chi connectivity index (χ4v) is 2.19. The van der Waals surface area contributed by atoms with Gasteiger partial charge in [0.2, 0.25) is 5.91 Å². The molecule has 112 valence electrons. The fraction of sp³-hybridized carbons (Fsp3) is 0.375. The Morgan fingerprint density at radius 2 is 2.10 bits per heavy atom. The maximum absolute atomic E-state index is 12.0. The highest BCUT2D eigenvalue weighted by atomic mass is 16.2. The standard InChI is InChI=1S/C16H22N4O/c1-3-19(2)16(21)11-20-12-18-10-15(20)14(17)9-13-7-5-4-6-8-13/h4-8,10,12,14H,3,9,11,17H2,1-2H3/t14-/m1/s1. The molecular formula is C16H22N4O. The van der Waals surface area contributed by atoms with Crippen molar-refractivity contribution >= 4 is 5.91 Å². The fourth-order valence-electron chi connectivity index (χ4n) is 2.19. The molecule has 0 saturated carbocycles. The summed E-state index contributed by atoms with van der Waals surface area (Å²) in [5.41, 5.74) is 8.33. The molecule has 1 atom stereocenters. The van der Waals surface area contributed by atoms with E-state index < -0.39 is 0 Å². The molecule has 0 bridgehead atoms. The van der Waals surface area contributed by atoms with Gasteiger partial charge in [0.1, 0.15) is 6.54 Å². The van der Waals surface area contributed by atoms with Gasteiger partial charge in [0, 0.05) is 19.8 Å². The Morgan fingerprint density at radius 1 is 1.38 bits per heavy atom. The minimum Gasteiger partial charge on any atom is -0.344 e. The predicted molar refractivity (Wildman–Crippen MR) is 82.6 cm³/mol. The Bertz CT molecular complexity index is 579. The quantitative estimate of drug-likeness (QED) is 0.877. The van der Waals surface area contributed by atoms with E-state index in [-0.39, 0.29) is 18.5 Å². The van der Waals surface area contributed by atoms with Gasteiger partial charge < -0.3 is 15.2 Å². The topological polar surface area (TPSA) is 64.2 Å². The third kappa shape index (κ3) is 3.92. The first-order valence-corrected chi connectivity index (χ1v) is 7.15. The van der Waals surface area contributed by atoms with Gasteiger partial charge in [-0.15, -0.1) is 0 Å². The molecule has 0 fully saturated rings. The molecular weight excluding hydrogens is 264 g/mol. The van der Waals surface area contributed by atoms with E-state index in [1.165, 1.54) is 5.56 Å². The third-order valence-corrected chi connectivity index (χ3v) is 3.63. The number of imidazole rings is 1. The van der Waals surface area contributed by atoms with Crippen molar-refractivity contribution in [3.63, 3.8) is 0 Å². The van der Waals surface area contributed by atoms with Gasteiger partial charge in [-0.25, -0.2) is 4.98 Å². The average molecular weight is 286 g/mol. The Balaban J connectivity index is 2.07. The molecule has 2 rings (SSSR count). The number of rotatable bonds is 6. The molecule has 21 heavy (non-hydrogen) atoms. The van der Waals surface area contributed by atoms with E-state index >= 15 is 0 Å². The minimum absolute atomic E-state index is 0.0589. The van der Waals surface area contributed by atoms with Gasteiger partial charge in [0.25, 0.3) is 0 Å². The SMILES string of the molecule is CCN(C)C(=O)Cn1cncc1[C@H](N)Cc1ccccc1. The lowest BCUT2D eigenvalue weighted by atomic mass is 10.0. The van der Waals surface area contributed by atoms with Gasteiger partial charge in [-0.3, -0.25) is 4.79 Å². The Labute approximate surface area is 125 Å². The number of carbonyl (C=O) groups is 1. The van der Waals surface area contributed by atoms with Crippen LogP contribution in [-0.2, 0) is 17.8 Å². The van der Waals surface area contributed by atoms with Gasteiger partial charge in [-0.05, 0) is 18.9 Å². The lowest BCUT2D eigenvalue weighted by Gasteiger charge is -2.18. The summed E-state index contributed by atoms with van der Waals surface area (Å²) in [7, 11) is 1.79. The zero-order valence-corrected chi connectivity index (χ0v) is 12.6. The van der Waals surface area contributed by atoms with E-state index in [1.54, 1.807) is 24.5 Å². The first-order valence-electron chi connectivity index (χ1n) is 7.15. The van der Waals surface area contributed by atoms with Crippen molar-refractivity contribution in [1.29, 1.82) is 0 Å². The molecule has 1 amide bonds. The van der Waals surface area contributed by atoms with Crippen LogP contribution in [0.1, 0.15) is 24.2 Å². The van der Waals surface area contributed by atoms with Crippen molar-refractivity contribution in [2.45, 2.75) is 25.9 Å². The van der Waals surface area contributed by atoms with Crippen LogP contribution < -0.4 is 5.73 Å². The van der Waals surface area contributed by atoms with Crippen LogP contribution in [0.5, 0.6) is 0 Å². The second kappa shape index (κ2) is 7.04. The van der Waals surface area contributed by atoms with Crippen molar-refractivity contribution in [3.8, 4) is 0 Å². The van der Waals surface area contributed by atoms with Crippen LogP contribution in [-0.4, -0.2) is 34.0 Å². The molecule has 5 nitrogen and oxygen atoms in total. The number of amides is 1. The van der Waals surface area contributed by atoms with Crippen molar-refractivity contribution in [3.05, 3.63) is 54.1 Å². The maximum atomic E-state index is 12.0. The molecule has 0 spiro atoms. The summed E-state index contributed by atoms with van der Waals surface area (Å²) in [6.07, 6.45) is 4.14. The molecule has 2 aromatic rings. The third-order valence-electron chi connectivity index (χ3n) is 3.63. The molecule has 0 aliphatic rings. The van der Waals surface area contributed by atoms with E-state index in [9.17, 15) is 4.79 Å². The van der Waals surface area contributed by atoms with Crippen LogP contribution in [0, 0.1) is 0 Å². The van der Waals surface area contributed by atoms with Gasteiger partial charge in [-0.2, -0.15) is 0 Å². The van der Waals surface area contributed by atoms with Gasteiger partial charge in [0.15, 0.2) is 0 Å². The molecule has 2 N–H and O–H groups in total. The molecule has 1 heterocycles. The number of likely N-dealkylation sites (N-methyl/N-ethyl adjacent to an activating group) is 1. The number of aromatic nitrogens is 2. The van der Waals surface area contributed by atoms with E-state index in [4.69, 9.17) is 5.73 Å². The normalized spacial score (nSPS) is 12.1. The predicted octanol–water partition coefficient (Wildman–Crippen LogP) is 1.60. The van der Waals surface area contributed by atoms with Crippen LogP contribution in [0.3, 0.4) is 0 Å². The molecule has 1 aromatic carbocycles. The van der Waals surface area contributed by atoms with E-state index in [0.29, 0.717) is 6.54 Å². The van der Waals surface area contributed by atoms with Crippen LogP contribution in [0.2, 0.25) is 0 Å². The zero-order valence-electron chi connectivity index (χ0n) is 12.6. The summed E-state index contributed by atoms with van der Waals surface area (Å²) in [6, 6.07) is 9.92. The summed E-state index contributed by atoms with van der Waals surface area (Å²) >= 11 is 0. The minimum atomic E-state index is -0.172. The van der Waals surface area contributed by atoms with E-state index in [0.717, 1.165) is 12.1 Å².